The Kier molecular flexibility index (Phi) is 5.09. The number of nitrogens with zero attached hydrogens (tertiary/aromatic N) is 1. The van der Waals surface area contributed by atoms with Gasteiger partial charge in [-0.15, -0.1) is 0 Å². The van der Waals surface area contributed by atoms with Crippen LogP contribution in [-0.2, 0) is 0 Å². The van der Waals surface area contributed by atoms with E-state index in [9.17, 15) is 4.39 Å². The Morgan fingerprint density at radius 2 is 2.15 bits per heavy atom. The molecule has 0 aliphatic rings. The third kappa shape index (κ3) is 3.35. The van der Waals surface area contributed by atoms with E-state index in [1.807, 2.05) is 19.1 Å². The third-order valence-electron chi connectivity index (χ3n) is 2.94. The molecule has 20 heavy (non-hydrogen) atoms. The predicted octanol–water partition coefficient (Wildman–Crippen LogP) is 3.69. The van der Waals surface area contributed by atoms with E-state index < -0.39 is 0 Å². The van der Waals surface area contributed by atoms with E-state index in [0.717, 1.165) is 10.0 Å². The number of hydrogen-bond acceptors (Lipinski definition) is 3. The summed E-state index contributed by atoms with van der Waals surface area (Å²) in [6, 6.07) is 6.64. The average Bonchev–Trinajstić information content (AvgIpc) is 2.43. The molecule has 0 saturated heterocycles. The summed E-state index contributed by atoms with van der Waals surface area (Å²) in [6.45, 7) is 2.48. The van der Waals surface area contributed by atoms with Crippen LogP contribution in [0.1, 0.15) is 24.1 Å². The van der Waals surface area contributed by atoms with Gasteiger partial charge in [-0.25, -0.2) is 4.39 Å². The maximum Gasteiger partial charge on any atom is 0.137 e. The predicted molar refractivity (Wildman–Crippen MR) is 80.4 cm³/mol. The molecule has 5 heteroatoms. The van der Waals surface area contributed by atoms with Crippen molar-refractivity contribution in [2.45, 2.75) is 13.0 Å². The fourth-order valence-corrected chi connectivity index (χ4v) is 2.41. The topological polar surface area (TPSA) is 34.1 Å². The zero-order valence-corrected chi connectivity index (χ0v) is 12.9. The lowest BCUT2D eigenvalue weighted by atomic mass is 10.00. The van der Waals surface area contributed by atoms with Crippen molar-refractivity contribution in [2.24, 2.45) is 0 Å². The zero-order chi connectivity index (χ0) is 14.5. The molecule has 0 radical (unpaired) electrons. The average molecular weight is 339 g/mol. The van der Waals surface area contributed by atoms with E-state index in [0.29, 0.717) is 17.9 Å². The maximum absolute atomic E-state index is 14.1. The molecule has 2 aromatic rings. The molecule has 1 N–H and O–H groups in total. The minimum atomic E-state index is -0.268. The smallest absolute Gasteiger partial charge is 0.137 e. The lowest BCUT2D eigenvalue weighted by Gasteiger charge is -2.18. The summed E-state index contributed by atoms with van der Waals surface area (Å²) in [6.07, 6.45) is 3.36. The van der Waals surface area contributed by atoms with Gasteiger partial charge in [0.05, 0.1) is 18.8 Å². The lowest BCUT2D eigenvalue weighted by Crippen LogP contribution is -2.19. The van der Waals surface area contributed by atoms with Gasteiger partial charge in [0.1, 0.15) is 11.6 Å². The van der Waals surface area contributed by atoms with E-state index in [2.05, 4.69) is 26.2 Å². The van der Waals surface area contributed by atoms with Crippen LogP contribution in [0.25, 0.3) is 0 Å². The first kappa shape index (κ1) is 14.9. The van der Waals surface area contributed by atoms with E-state index in [-0.39, 0.29) is 11.9 Å². The normalized spacial score (nSPS) is 12.2. The van der Waals surface area contributed by atoms with Crippen molar-refractivity contribution >= 4 is 15.9 Å². The fraction of sp³-hybridized carbons (Fsp3) is 0.267. The summed E-state index contributed by atoms with van der Waals surface area (Å²) in [5, 5.41) is 3.11. The molecular formula is C15H16BrFN2O. The van der Waals surface area contributed by atoms with Crippen LogP contribution in [0.4, 0.5) is 4.39 Å². The van der Waals surface area contributed by atoms with Crippen LogP contribution in [0, 0.1) is 5.82 Å². The van der Waals surface area contributed by atoms with Gasteiger partial charge in [-0.3, -0.25) is 4.98 Å². The Morgan fingerprint density at radius 1 is 1.35 bits per heavy atom. The molecule has 0 fully saturated rings. The Morgan fingerprint density at radius 3 is 2.80 bits per heavy atom. The van der Waals surface area contributed by atoms with Gasteiger partial charge in [0.2, 0.25) is 0 Å². The Hall–Kier alpha value is -1.46. The second kappa shape index (κ2) is 6.81. The molecule has 0 bridgehead atoms. The number of nitrogens with one attached hydrogen (secondary N) is 1. The fourth-order valence-electron chi connectivity index (χ4n) is 2.08. The first-order valence-electron chi connectivity index (χ1n) is 6.35. The van der Waals surface area contributed by atoms with Crippen LogP contribution >= 0.6 is 15.9 Å². The van der Waals surface area contributed by atoms with Crippen molar-refractivity contribution in [1.82, 2.24) is 10.3 Å². The highest BCUT2D eigenvalue weighted by atomic mass is 79.9. The molecule has 1 atom stereocenters. The van der Waals surface area contributed by atoms with Gasteiger partial charge in [0, 0.05) is 16.2 Å². The van der Waals surface area contributed by atoms with Crippen molar-refractivity contribution in [1.29, 1.82) is 0 Å². The SMILES string of the molecule is CCOc1cncc(C(NC)c2ccc(Br)cc2F)c1. The molecule has 106 valence electrons. The van der Waals surface area contributed by atoms with Gasteiger partial charge >= 0.3 is 0 Å². The van der Waals surface area contributed by atoms with Gasteiger partial charge in [0.15, 0.2) is 0 Å². The van der Waals surface area contributed by atoms with Crippen LogP contribution in [0.2, 0.25) is 0 Å². The quantitative estimate of drug-likeness (QED) is 0.902. The highest BCUT2D eigenvalue weighted by Crippen LogP contribution is 2.27. The minimum Gasteiger partial charge on any atom is -0.492 e. The summed E-state index contributed by atoms with van der Waals surface area (Å²) >= 11 is 3.26. The molecule has 0 aliphatic heterocycles. The van der Waals surface area contributed by atoms with Gasteiger partial charge in [0.25, 0.3) is 0 Å². The summed E-state index contributed by atoms with van der Waals surface area (Å²) < 4.78 is 20.3. The number of hydrogen-bond donors (Lipinski definition) is 1. The minimum absolute atomic E-state index is 0.263. The van der Waals surface area contributed by atoms with Crippen molar-refractivity contribution < 1.29 is 9.13 Å². The van der Waals surface area contributed by atoms with Gasteiger partial charge in [-0.05, 0) is 37.7 Å². The lowest BCUT2D eigenvalue weighted by molar-refractivity contribution is 0.338. The first-order valence-corrected chi connectivity index (χ1v) is 7.15. The molecular weight excluding hydrogens is 323 g/mol. The molecule has 2 rings (SSSR count). The number of aromatic nitrogens is 1. The Labute approximate surface area is 126 Å². The van der Waals surface area contributed by atoms with Gasteiger partial charge < -0.3 is 10.1 Å². The second-order valence-corrected chi connectivity index (χ2v) is 5.19. The zero-order valence-electron chi connectivity index (χ0n) is 11.4. The molecule has 0 saturated carbocycles. The van der Waals surface area contributed by atoms with E-state index in [4.69, 9.17) is 4.74 Å². The molecule has 1 heterocycles. The van der Waals surface area contributed by atoms with Crippen molar-refractivity contribution in [3.63, 3.8) is 0 Å². The molecule has 1 aromatic heterocycles. The Balaban J connectivity index is 2.38. The summed E-state index contributed by atoms with van der Waals surface area (Å²) in [5.74, 6) is 0.420. The maximum atomic E-state index is 14.1. The van der Waals surface area contributed by atoms with Crippen LogP contribution in [0.15, 0.2) is 41.1 Å². The molecule has 1 unspecified atom stereocenters. The molecule has 0 spiro atoms. The molecule has 0 amide bonds. The number of ether oxygens (including phenoxy) is 1. The van der Waals surface area contributed by atoms with Crippen LogP contribution in [0.5, 0.6) is 5.75 Å². The van der Waals surface area contributed by atoms with Crippen molar-refractivity contribution in [3.05, 3.63) is 58.1 Å². The highest BCUT2D eigenvalue weighted by Gasteiger charge is 2.17. The monoisotopic (exact) mass is 338 g/mol. The molecule has 3 nitrogen and oxygen atoms in total. The van der Waals surface area contributed by atoms with Crippen LogP contribution < -0.4 is 10.1 Å². The van der Waals surface area contributed by atoms with Crippen LogP contribution in [-0.4, -0.2) is 18.6 Å². The van der Waals surface area contributed by atoms with E-state index >= 15 is 0 Å². The van der Waals surface area contributed by atoms with Crippen molar-refractivity contribution in [2.75, 3.05) is 13.7 Å². The standard InChI is InChI=1S/C15H16BrFN2O/c1-3-20-12-6-10(8-19-9-12)15(18-2)13-5-4-11(16)7-14(13)17/h4-9,15,18H,3H2,1-2H3. The largest absolute Gasteiger partial charge is 0.492 e. The second-order valence-electron chi connectivity index (χ2n) is 4.27. The molecule has 1 aromatic carbocycles. The number of rotatable bonds is 5. The number of pyridine rings is 1. The molecule has 0 aliphatic carbocycles. The van der Waals surface area contributed by atoms with E-state index in [1.54, 1.807) is 25.5 Å². The summed E-state index contributed by atoms with van der Waals surface area (Å²) in [7, 11) is 1.79. The first-order chi connectivity index (χ1) is 9.65. The number of halogens is 2. The van der Waals surface area contributed by atoms with Gasteiger partial charge in [-0.2, -0.15) is 0 Å². The number of benzene rings is 1. The van der Waals surface area contributed by atoms with Crippen molar-refractivity contribution in [3.8, 4) is 5.75 Å². The summed E-state index contributed by atoms with van der Waals surface area (Å²) in [5.41, 5.74) is 1.44. The van der Waals surface area contributed by atoms with Gasteiger partial charge in [-0.1, -0.05) is 22.0 Å². The third-order valence-corrected chi connectivity index (χ3v) is 3.43. The van der Waals surface area contributed by atoms with Crippen LogP contribution in [0.3, 0.4) is 0 Å². The van der Waals surface area contributed by atoms with E-state index in [1.165, 1.54) is 6.07 Å². The Bertz CT molecular complexity index is 592. The highest BCUT2D eigenvalue weighted by molar-refractivity contribution is 9.10. The summed E-state index contributed by atoms with van der Waals surface area (Å²) in [4.78, 5) is 4.15.